The molecule has 0 heterocycles. The van der Waals surface area contributed by atoms with Crippen LogP contribution in [0.25, 0.3) is 22.3 Å². The van der Waals surface area contributed by atoms with E-state index >= 15 is 0 Å². The summed E-state index contributed by atoms with van der Waals surface area (Å²) < 4.78 is 168. The van der Waals surface area contributed by atoms with E-state index in [4.69, 9.17) is 11.5 Å². The maximum Gasteiger partial charge on any atom is 0.573 e. The predicted molar refractivity (Wildman–Crippen MR) is 110 cm³/mol. The summed E-state index contributed by atoms with van der Waals surface area (Å²) in [6.45, 7) is 0. The number of halogens is 12. The largest absolute Gasteiger partial charge is 0.573 e. The molecule has 0 aromatic heterocycles. The van der Waals surface area contributed by atoms with Gasteiger partial charge in [0.25, 0.3) is 0 Å². The van der Waals surface area contributed by atoms with E-state index in [-0.39, 0.29) is 12.1 Å². The van der Waals surface area contributed by atoms with Gasteiger partial charge in [0.05, 0.1) is 11.1 Å². The van der Waals surface area contributed by atoms with Crippen LogP contribution in [-0.4, -0.2) is 12.7 Å². The quantitative estimate of drug-likeness (QED) is 0.249. The molecule has 38 heavy (non-hydrogen) atoms. The van der Waals surface area contributed by atoms with Crippen LogP contribution >= 0.6 is 0 Å². The maximum atomic E-state index is 13.7. The molecule has 0 atom stereocenters. The van der Waals surface area contributed by atoms with Crippen LogP contribution in [0, 0.1) is 0 Å². The Kier molecular flexibility index (Phi) is 7.07. The first-order valence-electron chi connectivity index (χ1n) is 9.79. The minimum absolute atomic E-state index is 0.112. The topological polar surface area (TPSA) is 70.5 Å². The molecule has 0 saturated carbocycles. The first-order valence-corrected chi connectivity index (χ1v) is 9.79. The van der Waals surface area contributed by atoms with Crippen LogP contribution in [0.3, 0.4) is 0 Å². The van der Waals surface area contributed by atoms with Crippen molar-refractivity contribution in [1.29, 1.82) is 0 Å². The van der Waals surface area contributed by atoms with Crippen LogP contribution in [0.15, 0.2) is 48.5 Å². The lowest BCUT2D eigenvalue weighted by molar-refractivity contribution is -0.276. The van der Waals surface area contributed by atoms with Gasteiger partial charge in [-0.25, -0.2) is 0 Å². The molecule has 4 nitrogen and oxygen atoms in total. The summed E-state index contributed by atoms with van der Waals surface area (Å²) in [6, 6.07) is 3.56. The molecular formula is C22H12F12N2O2. The molecule has 3 aromatic carbocycles. The van der Waals surface area contributed by atoms with Gasteiger partial charge in [-0.05, 0) is 41.5 Å². The Morgan fingerprint density at radius 1 is 0.447 bits per heavy atom. The highest BCUT2D eigenvalue weighted by Gasteiger charge is 2.40. The summed E-state index contributed by atoms with van der Waals surface area (Å²) >= 11 is 0. The fourth-order valence-electron chi connectivity index (χ4n) is 3.46. The molecule has 4 N–H and O–H groups in total. The molecule has 0 aliphatic carbocycles. The third-order valence-corrected chi connectivity index (χ3v) is 4.81. The van der Waals surface area contributed by atoms with Gasteiger partial charge >= 0.3 is 25.1 Å². The van der Waals surface area contributed by atoms with E-state index in [1.807, 2.05) is 0 Å². The number of ether oxygens (including phenoxy) is 2. The van der Waals surface area contributed by atoms with Crippen LogP contribution in [0.5, 0.6) is 11.5 Å². The van der Waals surface area contributed by atoms with Crippen molar-refractivity contribution in [2.75, 3.05) is 11.5 Å². The molecule has 0 aliphatic rings. The summed E-state index contributed by atoms with van der Waals surface area (Å²) in [5.74, 6) is -3.25. The number of rotatable bonds is 4. The molecule has 0 spiro atoms. The second-order valence-electron chi connectivity index (χ2n) is 7.55. The highest BCUT2D eigenvalue weighted by atomic mass is 19.4. The average molecular weight is 564 g/mol. The SMILES string of the molecule is Nc1ccc(-c2cc(-c3ccc(N)cc3C(F)(F)F)c(OC(F)(F)F)cc2OC(F)(F)F)c(C(F)(F)F)c1. The molecule has 0 radical (unpaired) electrons. The zero-order valence-electron chi connectivity index (χ0n) is 18.1. The monoisotopic (exact) mass is 564 g/mol. The normalized spacial score (nSPS) is 12.9. The van der Waals surface area contributed by atoms with Crippen LogP contribution in [0.2, 0.25) is 0 Å². The smallest absolute Gasteiger partial charge is 0.405 e. The second-order valence-corrected chi connectivity index (χ2v) is 7.55. The van der Waals surface area contributed by atoms with E-state index in [2.05, 4.69) is 9.47 Å². The molecule has 0 saturated heterocycles. The lowest BCUT2D eigenvalue weighted by Crippen LogP contribution is -2.20. The van der Waals surface area contributed by atoms with Crippen molar-refractivity contribution in [3.05, 3.63) is 59.7 Å². The van der Waals surface area contributed by atoms with E-state index in [1.54, 1.807) is 0 Å². The Morgan fingerprint density at radius 3 is 1.08 bits per heavy atom. The highest BCUT2D eigenvalue weighted by molar-refractivity contribution is 5.85. The summed E-state index contributed by atoms with van der Waals surface area (Å²) in [7, 11) is 0. The first kappa shape index (κ1) is 28.6. The van der Waals surface area contributed by atoms with Gasteiger partial charge in [-0.1, -0.05) is 12.1 Å². The fourth-order valence-corrected chi connectivity index (χ4v) is 3.46. The molecule has 0 unspecified atom stereocenters. The van der Waals surface area contributed by atoms with Gasteiger partial charge in [-0.15, -0.1) is 26.3 Å². The highest BCUT2D eigenvalue weighted by Crippen LogP contribution is 2.49. The van der Waals surface area contributed by atoms with Gasteiger partial charge in [-0.2, -0.15) is 26.3 Å². The van der Waals surface area contributed by atoms with Crippen molar-refractivity contribution in [1.82, 2.24) is 0 Å². The Morgan fingerprint density at radius 2 is 0.789 bits per heavy atom. The summed E-state index contributed by atoms with van der Waals surface area (Å²) in [5, 5.41) is 0. The zero-order valence-corrected chi connectivity index (χ0v) is 18.1. The minimum atomic E-state index is -5.64. The van der Waals surface area contributed by atoms with Gasteiger partial charge in [0, 0.05) is 28.6 Å². The molecule has 3 aromatic rings. The van der Waals surface area contributed by atoms with E-state index in [9.17, 15) is 52.7 Å². The molecule has 3 rings (SSSR count). The minimum Gasteiger partial charge on any atom is -0.405 e. The van der Waals surface area contributed by atoms with Gasteiger partial charge in [0.1, 0.15) is 11.5 Å². The molecule has 16 heteroatoms. The Balaban J connectivity index is 2.50. The van der Waals surface area contributed by atoms with E-state index in [0.29, 0.717) is 24.3 Å². The average Bonchev–Trinajstić information content (AvgIpc) is 2.71. The lowest BCUT2D eigenvalue weighted by Gasteiger charge is -2.22. The summed E-state index contributed by atoms with van der Waals surface area (Å²) in [5.41, 5.74) is 1.92. The number of benzene rings is 3. The van der Waals surface area contributed by atoms with Crippen molar-refractivity contribution >= 4 is 11.4 Å². The van der Waals surface area contributed by atoms with Crippen molar-refractivity contribution in [2.45, 2.75) is 25.1 Å². The molecule has 0 aliphatic heterocycles. The summed E-state index contributed by atoms with van der Waals surface area (Å²) in [6.07, 6.45) is -21.8. The van der Waals surface area contributed by atoms with Crippen LogP contribution in [-0.2, 0) is 12.4 Å². The van der Waals surface area contributed by atoms with E-state index < -0.39 is 81.3 Å². The van der Waals surface area contributed by atoms with Crippen molar-refractivity contribution in [3.8, 4) is 33.8 Å². The third-order valence-electron chi connectivity index (χ3n) is 4.81. The van der Waals surface area contributed by atoms with Crippen molar-refractivity contribution < 1.29 is 62.2 Å². The third kappa shape index (κ3) is 6.66. The number of nitrogens with two attached hydrogens (primary N) is 2. The fraction of sp³-hybridized carbons (Fsp3) is 0.182. The second kappa shape index (κ2) is 9.40. The Hall–Kier alpha value is -3.98. The number of anilines is 2. The van der Waals surface area contributed by atoms with Crippen LogP contribution in [0.4, 0.5) is 64.1 Å². The van der Waals surface area contributed by atoms with Crippen LogP contribution < -0.4 is 20.9 Å². The van der Waals surface area contributed by atoms with Crippen LogP contribution in [0.1, 0.15) is 11.1 Å². The predicted octanol–water partition coefficient (Wildman–Crippen LogP) is 8.02. The molecule has 0 fully saturated rings. The van der Waals surface area contributed by atoms with Gasteiger partial charge in [-0.3, -0.25) is 0 Å². The van der Waals surface area contributed by atoms with E-state index in [1.165, 1.54) is 0 Å². The van der Waals surface area contributed by atoms with Gasteiger partial charge in [0.15, 0.2) is 0 Å². The molecule has 0 amide bonds. The van der Waals surface area contributed by atoms with Gasteiger partial charge < -0.3 is 20.9 Å². The van der Waals surface area contributed by atoms with E-state index in [0.717, 1.165) is 12.1 Å². The molecular weight excluding hydrogens is 552 g/mol. The molecule has 206 valence electrons. The van der Waals surface area contributed by atoms with Gasteiger partial charge in [0.2, 0.25) is 0 Å². The lowest BCUT2D eigenvalue weighted by atomic mass is 9.91. The number of hydrogen-bond acceptors (Lipinski definition) is 4. The Labute approximate surface area is 204 Å². The zero-order chi connectivity index (χ0) is 28.8. The number of alkyl halides is 12. The number of nitrogen functional groups attached to an aromatic ring is 2. The standard InChI is InChI=1S/C22H12F12N2O2/c23-19(24,25)15-5-9(35)1-3-11(15)13-7-14(12-4-2-10(36)6-16(12)20(26,27)28)18(38-22(32,33)34)8-17(13)37-21(29,30)31/h1-8H,35-36H2. The Bertz CT molecular complexity index is 1240. The van der Waals surface area contributed by atoms with Crippen molar-refractivity contribution in [2.24, 2.45) is 0 Å². The molecule has 0 bridgehead atoms. The maximum absolute atomic E-state index is 13.7. The summed E-state index contributed by atoms with van der Waals surface area (Å²) in [4.78, 5) is 0. The first-order chi connectivity index (χ1) is 17.2. The van der Waals surface area contributed by atoms with Crippen molar-refractivity contribution in [3.63, 3.8) is 0 Å². The number of hydrogen-bond donors (Lipinski definition) is 2.